The van der Waals surface area contributed by atoms with Gasteiger partial charge in [-0.3, -0.25) is 0 Å². The van der Waals surface area contributed by atoms with Crippen molar-refractivity contribution in [2.24, 2.45) is 5.73 Å². The van der Waals surface area contributed by atoms with Crippen molar-refractivity contribution in [2.45, 2.75) is 20.3 Å². The van der Waals surface area contributed by atoms with Crippen LogP contribution >= 0.6 is 0 Å². The lowest BCUT2D eigenvalue weighted by Gasteiger charge is -1.74. The van der Waals surface area contributed by atoms with Crippen LogP contribution in [0.3, 0.4) is 0 Å². The molecule has 0 aromatic carbocycles. The van der Waals surface area contributed by atoms with Gasteiger partial charge in [0, 0.05) is 0 Å². The minimum atomic E-state index is 0.167. The fraction of sp³-hybridized carbons (Fsp3) is 0.571. The van der Waals surface area contributed by atoms with Crippen LogP contribution in [0.5, 0.6) is 0 Å². The predicted molar refractivity (Wildman–Crippen MR) is 40.2 cm³/mol. The lowest BCUT2D eigenvalue weighted by Crippen LogP contribution is -1.94. The third-order valence-corrected chi connectivity index (χ3v) is 0.371. The molecule has 0 aliphatic carbocycles. The molecule has 0 saturated heterocycles. The van der Waals surface area contributed by atoms with Crippen molar-refractivity contribution < 1.29 is 4.79 Å². The highest BCUT2D eigenvalue weighted by Gasteiger charge is 1.62. The largest absolute Gasteiger partial charge is 0.330 e. The van der Waals surface area contributed by atoms with Crippen molar-refractivity contribution in [3.63, 3.8) is 0 Å². The maximum Gasteiger partial charge on any atom is 0.126 e. The molecule has 0 atom stereocenters. The van der Waals surface area contributed by atoms with Gasteiger partial charge in [-0.25, -0.2) is 0 Å². The normalized spacial score (nSPS) is 7.00. The Kier molecular flexibility index (Phi) is 12.9. The Balaban J connectivity index is 0. The number of rotatable bonds is 2. The van der Waals surface area contributed by atoms with E-state index in [0.29, 0.717) is 0 Å². The van der Waals surface area contributed by atoms with E-state index in [9.17, 15) is 4.79 Å². The Morgan fingerprint density at radius 2 is 2.00 bits per heavy atom. The number of carbonyl (C=O) groups is 1. The Morgan fingerprint density at radius 3 is 2.00 bits per heavy atom. The number of ketones is 1. The summed E-state index contributed by atoms with van der Waals surface area (Å²) in [5.41, 5.74) is 5.07. The van der Waals surface area contributed by atoms with E-state index in [4.69, 9.17) is 5.73 Å². The van der Waals surface area contributed by atoms with E-state index in [1.54, 1.807) is 6.08 Å². The van der Waals surface area contributed by atoms with Gasteiger partial charge in [0.1, 0.15) is 5.78 Å². The Labute approximate surface area is 56.7 Å². The Morgan fingerprint density at radius 1 is 1.67 bits per heavy atom. The first-order valence-electron chi connectivity index (χ1n) is 2.93. The van der Waals surface area contributed by atoms with Crippen molar-refractivity contribution in [3.05, 3.63) is 12.7 Å². The molecular formula is C7H15NO. The molecule has 0 spiro atoms. The quantitative estimate of drug-likeness (QED) is 0.568. The first kappa shape index (κ1) is 11.2. The van der Waals surface area contributed by atoms with Crippen molar-refractivity contribution in [2.75, 3.05) is 6.54 Å². The second kappa shape index (κ2) is 10.4. The molecule has 0 aliphatic heterocycles. The zero-order valence-electron chi connectivity index (χ0n) is 6.18. The maximum absolute atomic E-state index is 9.44. The number of hydrogen-bond donors (Lipinski definition) is 1. The summed E-state index contributed by atoms with van der Waals surface area (Å²) in [6.45, 7) is 7.25. The van der Waals surface area contributed by atoms with E-state index in [1.807, 2.05) is 0 Å². The maximum atomic E-state index is 9.44. The average molecular weight is 129 g/mol. The summed E-state index contributed by atoms with van der Waals surface area (Å²) in [4.78, 5) is 9.44. The van der Waals surface area contributed by atoms with Crippen LogP contribution in [0.2, 0.25) is 0 Å². The first-order chi connectivity index (χ1) is 4.15. The molecule has 2 nitrogen and oxygen atoms in total. The van der Waals surface area contributed by atoms with Gasteiger partial charge in [0.15, 0.2) is 0 Å². The van der Waals surface area contributed by atoms with Crippen LogP contribution in [0, 0.1) is 0 Å². The van der Waals surface area contributed by atoms with Crippen molar-refractivity contribution >= 4 is 5.78 Å². The molecule has 0 heterocycles. The van der Waals surface area contributed by atoms with Gasteiger partial charge in [-0.05, 0) is 26.8 Å². The summed E-state index contributed by atoms with van der Waals surface area (Å²) in [5.74, 6) is 0.167. The summed E-state index contributed by atoms with van der Waals surface area (Å²) >= 11 is 0. The highest BCUT2D eigenvalue weighted by Crippen LogP contribution is 1.66. The molecule has 0 aromatic rings. The molecule has 0 aromatic heterocycles. The van der Waals surface area contributed by atoms with Crippen LogP contribution in [0.25, 0.3) is 0 Å². The first-order valence-corrected chi connectivity index (χ1v) is 2.93. The van der Waals surface area contributed by atoms with Crippen LogP contribution in [0.4, 0.5) is 0 Å². The zero-order valence-corrected chi connectivity index (χ0v) is 6.18. The number of nitrogens with two attached hydrogens (primary N) is 1. The molecule has 0 rings (SSSR count). The van der Waals surface area contributed by atoms with E-state index in [-0.39, 0.29) is 5.78 Å². The third kappa shape index (κ3) is 113. The lowest BCUT2D eigenvalue weighted by molar-refractivity contribution is -0.114. The molecule has 0 bridgehead atoms. The zero-order chi connectivity index (χ0) is 7.70. The van der Waals surface area contributed by atoms with E-state index >= 15 is 0 Å². The standard InChI is InChI=1S/C4H9N.C3H6O/c1-2-3-4-5;1-3(2)4/h2H,1,3-5H2;1-2H3. The summed E-state index contributed by atoms with van der Waals surface area (Å²) < 4.78 is 0. The average Bonchev–Trinajstić information content (AvgIpc) is 1.66. The molecule has 0 amide bonds. The molecule has 2 N–H and O–H groups in total. The van der Waals surface area contributed by atoms with Gasteiger partial charge >= 0.3 is 0 Å². The van der Waals surface area contributed by atoms with Gasteiger partial charge in [-0.1, -0.05) is 6.08 Å². The van der Waals surface area contributed by atoms with Gasteiger partial charge in [0.25, 0.3) is 0 Å². The summed E-state index contributed by atoms with van der Waals surface area (Å²) in [7, 11) is 0. The second-order valence-electron chi connectivity index (χ2n) is 1.77. The minimum absolute atomic E-state index is 0.167. The van der Waals surface area contributed by atoms with Gasteiger partial charge < -0.3 is 10.5 Å². The fourth-order valence-electron chi connectivity index (χ4n) is 0.118. The van der Waals surface area contributed by atoms with E-state index in [0.717, 1.165) is 13.0 Å². The van der Waals surface area contributed by atoms with Gasteiger partial charge in [0.2, 0.25) is 0 Å². The predicted octanol–water partition coefficient (Wildman–Crippen LogP) is 1.12. The molecule has 0 saturated carbocycles. The molecule has 9 heavy (non-hydrogen) atoms. The fourth-order valence-corrected chi connectivity index (χ4v) is 0.118. The van der Waals surface area contributed by atoms with E-state index < -0.39 is 0 Å². The molecule has 0 radical (unpaired) electrons. The van der Waals surface area contributed by atoms with Crippen LogP contribution in [-0.2, 0) is 4.79 Å². The molecule has 2 heteroatoms. The van der Waals surface area contributed by atoms with E-state index in [2.05, 4.69) is 6.58 Å². The molecule has 0 unspecified atom stereocenters. The molecule has 0 fully saturated rings. The number of carbonyl (C=O) groups excluding carboxylic acids is 1. The van der Waals surface area contributed by atoms with Crippen LogP contribution in [0.1, 0.15) is 20.3 Å². The second-order valence-corrected chi connectivity index (χ2v) is 1.77. The smallest absolute Gasteiger partial charge is 0.126 e. The topological polar surface area (TPSA) is 43.1 Å². The molecule has 0 aliphatic rings. The SMILES string of the molecule is C=CCCN.CC(C)=O. The van der Waals surface area contributed by atoms with Gasteiger partial charge in [0.05, 0.1) is 0 Å². The van der Waals surface area contributed by atoms with Crippen molar-refractivity contribution in [1.82, 2.24) is 0 Å². The van der Waals surface area contributed by atoms with E-state index in [1.165, 1.54) is 13.8 Å². The summed E-state index contributed by atoms with van der Waals surface area (Å²) in [6, 6.07) is 0. The van der Waals surface area contributed by atoms with Gasteiger partial charge in [-0.2, -0.15) is 0 Å². The minimum Gasteiger partial charge on any atom is -0.330 e. The monoisotopic (exact) mass is 129 g/mol. The summed E-state index contributed by atoms with van der Waals surface area (Å²) in [5, 5.41) is 0. The van der Waals surface area contributed by atoms with Crippen LogP contribution in [0.15, 0.2) is 12.7 Å². The van der Waals surface area contributed by atoms with Gasteiger partial charge in [-0.15, -0.1) is 6.58 Å². The Bertz CT molecular complexity index is 75.0. The molecule has 54 valence electrons. The number of Topliss-reactive ketones (excluding diaryl/α,β-unsaturated/α-hetero) is 1. The molecular weight excluding hydrogens is 114 g/mol. The Hall–Kier alpha value is -0.630. The highest BCUT2D eigenvalue weighted by molar-refractivity contribution is 5.72. The number of hydrogen-bond acceptors (Lipinski definition) is 2. The van der Waals surface area contributed by atoms with Crippen molar-refractivity contribution in [1.29, 1.82) is 0 Å². The van der Waals surface area contributed by atoms with Crippen molar-refractivity contribution in [3.8, 4) is 0 Å². The third-order valence-electron chi connectivity index (χ3n) is 0.371. The van der Waals surface area contributed by atoms with Crippen LogP contribution < -0.4 is 5.73 Å². The lowest BCUT2D eigenvalue weighted by atomic mass is 10.4. The summed E-state index contributed by atoms with van der Waals surface area (Å²) in [6.07, 6.45) is 2.74. The van der Waals surface area contributed by atoms with Crippen LogP contribution in [-0.4, -0.2) is 12.3 Å². The highest BCUT2D eigenvalue weighted by atomic mass is 16.1.